The van der Waals surface area contributed by atoms with Gasteiger partial charge in [-0.25, -0.2) is 4.98 Å². The molecule has 2 aromatic heterocycles. The van der Waals surface area contributed by atoms with Crippen LogP contribution in [-0.4, -0.2) is 38.4 Å². The number of rotatable bonds is 9. The second-order valence-electron chi connectivity index (χ2n) is 9.23. The highest BCUT2D eigenvalue weighted by molar-refractivity contribution is 6.34. The van der Waals surface area contributed by atoms with Crippen molar-refractivity contribution >= 4 is 28.5 Å². The summed E-state index contributed by atoms with van der Waals surface area (Å²) in [6.45, 7) is 7.89. The van der Waals surface area contributed by atoms with E-state index in [1.54, 1.807) is 12.4 Å². The van der Waals surface area contributed by atoms with Crippen LogP contribution in [-0.2, 0) is 6.54 Å². The van der Waals surface area contributed by atoms with E-state index in [2.05, 4.69) is 35.5 Å². The summed E-state index contributed by atoms with van der Waals surface area (Å²) in [4.78, 5) is 25.1. The van der Waals surface area contributed by atoms with Crippen LogP contribution in [0.5, 0.6) is 0 Å². The Kier molecular flexibility index (Phi) is 7.83. The maximum Gasteiger partial charge on any atom is 0.254 e. The third kappa shape index (κ3) is 5.39. The Morgan fingerprint density at radius 3 is 2.46 bits per heavy atom. The number of carbonyl (C=O) groups excluding carboxylic acids is 1. The van der Waals surface area contributed by atoms with Gasteiger partial charge in [-0.1, -0.05) is 73.5 Å². The average Bonchev–Trinajstić information content (AvgIpc) is 3.21. The van der Waals surface area contributed by atoms with Crippen LogP contribution >= 0.6 is 11.6 Å². The van der Waals surface area contributed by atoms with Gasteiger partial charge in [0.15, 0.2) is 0 Å². The summed E-state index contributed by atoms with van der Waals surface area (Å²) in [5.74, 6) is 0.867. The van der Waals surface area contributed by atoms with Gasteiger partial charge >= 0.3 is 0 Å². The number of benzene rings is 2. The minimum absolute atomic E-state index is 0.0281. The van der Waals surface area contributed by atoms with Crippen molar-refractivity contribution in [3.05, 3.63) is 94.5 Å². The van der Waals surface area contributed by atoms with Crippen molar-refractivity contribution in [3.63, 3.8) is 0 Å². The third-order valence-corrected chi connectivity index (χ3v) is 6.50. The first-order valence-corrected chi connectivity index (χ1v) is 12.4. The molecule has 4 aromatic rings. The number of fused-ring (bicyclic) bond motifs is 1. The number of aromatic nitrogens is 3. The molecular weight excluding hydrogens is 458 g/mol. The van der Waals surface area contributed by atoms with Gasteiger partial charge in [0.25, 0.3) is 5.91 Å². The van der Waals surface area contributed by atoms with Crippen molar-refractivity contribution in [2.45, 2.75) is 39.8 Å². The molecule has 0 aliphatic carbocycles. The maximum absolute atomic E-state index is 13.8. The summed E-state index contributed by atoms with van der Waals surface area (Å²) in [6.07, 6.45) is 4.10. The summed E-state index contributed by atoms with van der Waals surface area (Å²) in [5, 5.41) is 0.497. The van der Waals surface area contributed by atoms with E-state index in [1.807, 2.05) is 54.3 Å². The van der Waals surface area contributed by atoms with Crippen LogP contribution < -0.4 is 5.73 Å². The van der Waals surface area contributed by atoms with Crippen molar-refractivity contribution in [2.75, 3.05) is 13.1 Å². The zero-order valence-electron chi connectivity index (χ0n) is 20.5. The number of hydrogen-bond donors (Lipinski definition) is 1. The molecule has 1 amide bonds. The maximum atomic E-state index is 13.8. The molecule has 0 saturated heterocycles. The standard InChI is InChI=1S/C28H32ClN5O/c1-19(2)26(33(15-7-14-30)28(35)22-12-10-20(3)11-13-22)27-32-25-23(29)16-31-17-24(25)34(27)18-21-8-5-4-6-9-21/h4-6,8-13,16-17,19,26H,7,14-15,18,30H2,1-3H3/t26-/m1/s1. The number of imidazole rings is 1. The molecule has 6 nitrogen and oxygen atoms in total. The van der Waals surface area contributed by atoms with Crippen LogP contribution in [0, 0.1) is 12.8 Å². The average molecular weight is 490 g/mol. The van der Waals surface area contributed by atoms with Gasteiger partial charge in [-0.15, -0.1) is 0 Å². The molecule has 1 atom stereocenters. The van der Waals surface area contributed by atoms with Gasteiger partial charge in [0.05, 0.1) is 22.8 Å². The lowest BCUT2D eigenvalue weighted by Crippen LogP contribution is -2.40. The van der Waals surface area contributed by atoms with Gasteiger partial charge in [-0.05, 0) is 43.5 Å². The molecule has 0 fully saturated rings. The number of carbonyl (C=O) groups is 1. The Morgan fingerprint density at radius 1 is 1.09 bits per heavy atom. The van der Waals surface area contributed by atoms with E-state index in [0.29, 0.717) is 42.2 Å². The summed E-state index contributed by atoms with van der Waals surface area (Å²) < 4.78 is 2.14. The van der Waals surface area contributed by atoms with Crippen molar-refractivity contribution in [1.29, 1.82) is 0 Å². The SMILES string of the molecule is Cc1ccc(C(=O)N(CCCN)[C@@H](c2nc3c(Cl)cncc3n2Cc2ccccc2)C(C)C)cc1. The van der Waals surface area contributed by atoms with Crippen LogP contribution in [0.1, 0.15) is 53.6 Å². The highest BCUT2D eigenvalue weighted by Crippen LogP contribution is 2.34. The predicted molar refractivity (Wildman–Crippen MR) is 142 cm³/mol. The van der Waals surface area contributed by atoms with E-state index in [-0.39, 0.29) is 17.9 Å². The molecule has 2 N–H and O–H groups in total. The fourth-order valence-corrected chi connectivity index (χ4v) is 4.67. The number of nitrogens with two attached hydrogens (primary N) is 1. The number of nitrogens with zero attached hydrogens (tertiary/aromatic N) is 4. The second kappa shape index (κ2) is 11.0. The zero-order chi connectivity index (χ0) is 24.9. The Hall–Kier alpha value is -3.22. The molecule has 0 aliphatic heterocycles. The number of amides is 1. The normalized spacial score (nSPS) is 12.3. The lowest BCUT2D eigenvalue weighted by atomic mass is 9.99. The van der Waals surface area contributed by atoms with Crippen molar-refractivity contribution < 1.29 is 4.79 Å². The summed E-state index contributed by atoms with van der Waals surface area (Å²) in [7, 11) is 0. The topological polar surface area (TPSA) is 77.0 Å². The molecule has 0 radical (unpaired) electrons. The minimum atomic E-state index is -0.275. The van der Waals surface area contributed by atoms with Crippen LogP contribution in [0.2, 0.25) is 5.02 Å². The summed E-state index contributed by atoms with van der Waals surface area (Å²) >= 11 is 6.53. The number of hydrogen-bond acceptors (Lipinski definition) is 4. The predicted octanol–water partition coefficient (Wildman–Crippen LogP) is 5.63. The lowest BCUT2D eigenvalue weighted by Gasteiger charge is -2.34. The van der Waals surface area contributed by atoms with Crippen molar-refractivity contribution in [3.8, 4) is 0 Å². The van der Waals surface area contributed by atoms with Gasteiger partial charge in [-0.3, -0.25) is 9.78 Å². The fraction of sp³-hybridized carbons (Fsp3) is 0.321. The Bertz CT molecular complexity index is 1280. The molecule has 2 aromatic carbocycles. The molecule has 0 saturated carbocycles. The van der Waals surface area contributed by atoms with Gasteiger partial charge in [-0.2, -0.15) is 0 Å². The quantitative estimate of drug-likeness (QED) is 0.330. The number of aryl methyl sites for hydroxylation is 1. The van der Waals surface area contributed by atoms with E-state index in [9.17, 15) is 4.79 Å². The smallest absolute Gasteiger partial charge is 0.254 e. The van der Waals surface area contributed by atoms with E-state index in [0.717, 1.165) is 22.5 Å². The van der Waals surface area contributed by atoms with Gasteiger partial charge in [0, 0.05) is 24.8 Å². The first kappa shape index (κ1) is 24.9. The van der Waals surface area contributed by atoms with Crippen LogP contribution in [0.4, 0.5) is 0 Å². The Balaban J connectivity index is 1.87. The molecule has 0 spiro atoms. The molecule has 0 unspecified atom stereocenters. The molecule has 0 aliphatic rings. The fourth-order valence-electron chi connectivity index (χ4n) is 4.47. The molecule has 7 heteroatoms. The van der Waals surface area contributed by atoms with Crippen molar-refractivity contribution in [1.82, 2.24) is 19.4 Å². The minimum Gasteiger partial charge on any atom is -0.330 e. The third-order valence-electron chi connectivity index (χ3n) is 6.23. The van der Waals surface area contributed by atoms with Gasteiger partial charge < -0.3 is 15.2 Å². The van der Waals surface area contributed by atoms with Gasteiger partial charge in [0.2, 0.25) is 0 Å². The van der Waals surface area contributed by atoms with Crippen LogP contribution in [0.3, 0.4) is 0 Å². The zero-order valence-corrected chi connectivity index (χ0v) is 21.2. The van der Waals surface area contributed by atoms with E-state index in [1.165, 1.54) is 0 Å². The Morgan fingerprint density at radius 2 is 1.80 bits per heavy atom. The molecule has 4 rings (SSSR count). The van der Waals surface area contributed by atoms with Crippen LogP contribution in [0.25, 0.3) is 11.0 Å². The highest BCUT2D eigenvalue weighted by atomic mass is 35.5. The monoisotopic (exact) mass is 489 g/mol. The van der Waals surface area contributed by atoms with Crippen LogP contribution in [0.15, 0.2) is 67.0 Å². The highest BCUT2D eigenvalue weighted by Gasteiger charge is 2.33. The summed E-state index contributed by atoms with van der Waals surface area (Å²) in [5.41, 5.74) is 10.3. The van der Waals surface area contributed by atoms with E-state index in [4.69, 9.17) is 22.3 Å². The lowest BCUT2D eigenvalue weighted by molar-refractivity contribution is 0.0605. The van der Waals surface area contributed by atoms with E-state index >= 15 is 0 Å². The number of pyridine rings is 1. The Labute approximate surface area is 211 Å². The van der Waals surface area contributed by atoms with Crippen molar-refractivity contribution in [2.24, 2.45) is 11.7 Å². The first-order valence-electron chi connectivity index (χ1n) is 12.0. The molecule has 182 valence electrons. The number of halogens is 1. The first-order chi connectivity index (χ1) is 16.9. The van der Waals surface area contributed by atoms with E-state index < -0.39 is 0 Å². The molecule has 2 heterocycles. The second-order valence-corrected chi connectivity index (χ2v) is 9.63. The molecular formula is C28H32ClN5O. The largest absolute Gasteiger partial charge is 0.330 e. The van der Waals surface area contributed by atoms with Gasteiger partial charge in [0.1, 0.15) is 11.3 Å². The molecule has 0 bridgehead atoms. The summed E-state index contributed by atoms with van der Waals surface area (Å²) in [6, 6.07) is 17.6. The molecule has 35 heavy (non-hydrogen) atoms.